The Morgan fingerprint density at radius 2 is 2.56 bits per heavy atom. The van der Waals surface area contributed by atoms with Gasteiger partial charge in [-0.1, -0.05) is 0 Å². The van der Waals surface area contributed by atoms with E-state index < -0.39 is 6.17 Å². The van der Waals surface area contributed by atoms with E-state index in [0.29, 0.717) is 0 Å². The Morgan fingerprint density at radius 1 is 1.78 bits per heavy atom. The zero-order valence-corrected chi connectivity index (χ0v) is 6.15. The largest absolute Gasteiger partial charge is 0.299 e. The number of halogens is 1. The van der Waals surface area contributed by atoms with Crippen LogP contribution in [-0.4, -0.2) is 22.6 Å². The minimum Gasteiger partial charge on any atom is -0.299 e. The number of carbonyl (C=O) groups excluding carboxylic acids is 1. The summed E-state index contributed by atoms with van der Waals surface area (Å²) in [6.07, 6.45) is 5.43. The molecule has 1 unspecified atom stereocenters. The molecule has 0 radical (unpaired) electrons. The molecule has 0 amide bonds. The molecule has 48 valence electrons. The summed E-state index contributed by atoms with van der Waals surface area (Å²) < 4.78 is 1.56. The Labute approximate surface area is 61.4 Å². The van der Waals surface area contributed by atoms with Crippen molar-refractivity contribution in [2.45, 2.75) is 6.17 Å². The maximum Gasteiger partial charge on any atom is 0.186 e. The molecule has 1 rings (SSSR count). The maximum atomic E-state index is 10.2. The van der Waals surface area contributed by atoms with Gasteiger partial charge in [-0.3, -0.25) is 13.7 Å². The molecule has 0 saturated carbocycles. The first-order valence-electron chi connectivity index (χ1n) is 2.44. The van der Waals surface area contributed by atoms with Gasteiger partial charge in [-0.15, -0.1) is 0 Å². The van der Waals surface area contributed by atoms with Crippen LogP contribution in [0.2, 0.25) is 0 Å². The molecular formula is C5H5BrN2O. The molecule has 0 spiro atoms. The predicted molar refractivity (Wildman–Crippen MR) is 38.3 cm³/mol. The first kappa shape index (κ1) is 6.48. The standard InChI is InChI=1S/C5H5BrN2O/c6-8-3-1-2-7-5(8)4-9/h1-5H. The fraction of sp³-hybridized carbons (Fsp3) is 0.200. The van der Waals surface area contributed by atoms with E-state index in [2.05, 4.69) is 21.1 Å². The summed E-state index contributed by atoms with van der Waals surface area (Å²) in [5.41, 5.74) is 0. The molecule has 0 fully saturated rings. The van der Waals surface area contributed by atoms with Gasteiger partial charge < -0.3 is 0 Å². The number of aliphatic imine (C=N–C) groups is 1. The zero-order chi connectivity index (χ0) is 6.69. The fourth-order valence-electron chi connectivity index (χ4n) is 0.504. The van der Waals surface area contributed by atoms with Gasteiger partial charge in [0, 0.05) is 12.4 Å². The van der Waals surface area contributed by atoms with Crippen LogP contribution < -0.4 is 0 Å². The number of aldehydes is 1. The quantitative estimate of drug-likeness (QED) is 0.449. The average molecular weight is 189 g/mol. The molecule has 0 aromatic carbocycles. The van der Waals surface area contributed by atoms with E-state index >= 15 is 0 Å². The molecule has 1 atom stereocenters. The van der Waals surface area contributed by atoms with Crippen LogP contribution in [0.4, 0.5) is 0 Å². The first-order valence-corrected chi connectivity index (χ1v) is 3.15. The van der Waals surface area contributed by atoms with Crippen molar-refractivity contribution >= 4 is 28.6 Å². The van der Waals surface area contributed by atoms with Gasteiger partial charge in [-0.25, -0.2) is 0 Å². The van der Waals surface area contributed by atoms with Crippen LogP contribution in [0.5, 0.6) is 0 Å². The number of nitrogens with zero attached hydrogens (tertiary/aromatic N) is 2. The SMILES string of the molecule is O=CC1N=CC=CN1Br. The normalized spacial score (nSPS) is 24.6. The highest BCUT2D eigenvalue weighted by atomic mass is 79.9. The summed E-state index contributed by atoms with van der Waals surface area (Å²) in [6, 6.07) is 0. The number of allylic oxidation sites excluding steroid dienone is 1. The van der Waals surface area contributed by atoms with Gasteiger partial charge in [-0.05, 0) is 6.08 Å². The highest BCUT2D eigenvalue weighted by Gasteiger charge is 2.09. The summed E-state index contributed by atoms with van der Waals surface area (Å²) in [4.78, 5) is 14.0. The van der Waals surface area contributed by atoms with E-state index in [-0.39, 0.29) is 0 Å². The molecule has 0 N–H and O–H groups in total. The lowest BCUT2D eigenvalue weighted by molar-refractivity contribution is -0.110. The second-order valence-electron chi connectivity index (χ2n) is 1.53. The zero-order valence-electron chi connectivity index (χ0n) is 4.57. The Hall–Kier alpha value is -0.640. The van der Waals surface area contributed by atoms with E-state index in [1.165, 1.54) is 0 Å². The molecular weight excluding hydrogens is 184 g/mol. The van der Waals surface area contributed by atoms with Crippen LogP contribution in [0.1, 0.15) is 0 Å². The van der Waals surface area contributed by atoms with Gasteiger partial charge in [0.05, 0.1) is 16.1 Å². The average Bonchev–Trinajstić information content (AvgIpc) is 1.89. The van der Waals surface area contributed by atoms with Crippen LogP contribution in [0, 0.1) is 0 Å². The molecule has 1 aliphatic rings. The molecule has 0 aliphatic carbocycles. The molecule has 0 saturated heterocycles. The smallest absolute Gasteiger partial charge is 0.186 e. The summed E-state index contributed by atoms with van der Waals surface area (Å²) in [7, 11) is 0. The highest BCUT2D eigenvalue weighted by molar-refractivity contribution is 9.07. The van der Waals surface area contributed by atoms with Crippen LogP contribution in [-0.2, 0) is 4.79 Å². The van der Waals surface area contributed by atoms with Gasteiger partial charge in [0.15, 0.2) is 12.5 Å². The van der Waals surface area contributed by atoms with Gasteiger partial charge in [0.25, 0.3) is 0 Å². The van der Waals surface area contributed by atoms with Crippen molar-refractivity contribution in [2.24, 2.45) is 4.99 Å². The number of rotatable bonds is 1. The minimum atomic E-state index is -0.394. The minimum absolute atomic E-state index is 0.394. The van der Waals surface area contributed by atoms with Crippen molar-refractivity contribution in [3.63, 3.8) is 0 Å². The van der Waals surface area contributed by atoms with E-state index in [4.69, 9.17) is 0 Å². The Kier molecular flexibility index (Phi) is 2.00. The maximum absolute atomic E-state index is 10.2. The van der Waals surface area contributed by atoms with Crippen molar-refractivity contribution in [3.8, 4) is 0 Å². The summed E-state index contributed by atoms with van der Waals surface area (Å²) in [5.74, 6) is 0. The van der Waals surface area contributed by atoms with Crippen LogP contribution >= 0.6 is 16.1 Å². The third-order valence-electron chi connectivity index (χ3n) is 0.928. The Balaban J connectivity index is 2.65. The molecule has 0 aromatic heterocycles. The monoisotopic (exact) mass is 188 g/mol. The molecule has 0 aromatic rings. The fourth-order valence-corrected chi connectivity index (χ4v) is 0.842. The topological polar surface area (TPSA) is 32.7 Å². The predicted octanol–water partition coefficient (Wildman–Crippen LogP) is 0.721. The molecule has 3 nitrogen and oxygen atoms in total. The number of carbonyl (C=O) groups is 1. The highest BCUT2D eigenvalue weighted by Crippen LogP contribution is 2.08. The van der Waals surface area contributed by atoms with E-state index in [1.807, 2.05) is 0 Å². The Bertz CT molecular complexity index is 166. The second-order valence-corrected chi connectivity index (χ2v) is 2.35. The molecule has 1 heterocycles. The molecule has 4 heteroatoms. The first-order chi connectivity index (χ1) is 4.34. The lowest BCUT2D eigenvalue weighted by atomic mass is 10.5. The van der Waals surface area contributed by atoms with Gasteiger partial charge >= 0.3 is 0 Å². The van der Waals surface area contributed by atoms with Gasteiger partial charge in [0.2, 0.25) is 0 Å². The van der Waals surface area contributed by atoms with E-state index in [0.717, 1.165) is 6.29 Å². The Morgan fingerprint density at radius 3 is 3.00 bits per heavy atom. The van der Waals surface area contributed by atoms with Gasteiger partial charge in [0.1, 0.15) is 0 Å². The lowest BCUT2D eigenvalue weighted by Gasteiger charge is -2.16. The van der Waals surface area contributed by atoms with Crippen LogP contribution in [0.25, 0.3) is 0 Å². The summed E-state index contributed by atoms with van der Waals surface area (Å²) in [5, 5.41) is 0. The van der Waals surface area contributed by atoms with Gasteiger partial charge in [-0.2, -0.15) is 0 Å². The van der Waals surface area contributed by atoms with E-state index in [1.54, 1.807) is 22.4 Å². The van der Waals surface area contributed by atoms with Crippen molar-refractivity contribution in [2.75, 3.05) is 0 Å². The third kappa shape index (κ3) is 1.38. The number of hydrogen-bond donors (Lipinski definition) is 0. The number of hydrogen-bond acceptors (Lipinski definition) is 3. The van der Waals surface area contributed by atoms with Crippen LogP contribution in [0.15, 0.2) is 17.3 Å². The molecule has 9 heavy (non-hydrogen) atoms. The van der Waals surface area contributed by atoms with E-state index in [9.17, 15) is 4.79 Å². The lowest BCUT2D eigenvalue weighted by Crippen LogP contribution is -2.23. The second kappa shape index (κ2) is 2.77. The molecule has 0 bridgehead atoms. The summed E-state index contributed by atoms with van der Waals surface area (Å²) in [6.45, 7) is 0. The van der Waals surface area contributed by atoms with Crippen molar-refractivity contribution < 1.29 is 4.79 Å². The third-order valence-corrected chi connectivity index (χ3v) is 1.58. The van der Waals surface area contributed by atoms with Crippen molar-refractivity contribution in [3.05, 3.63) is 12.3 Å². The van der Waals surface area contributed by atoms with Crippen LogP contribution in [0.3, 0.4) is 0 Å². The summed E-state index contributed by atoms with van der Waals surface area (Å²) >= 11 is 3.12. The van der Waals surface area contributed by atoms with Crippen molar-refractivity contribution in [1.29, 1.82) is 0 Å². The van der Waals surface area contributed by atoms with Crippen molar-refractivity contribution in [1.82, 2.24) is 3.93 Å². The molecule has 1 aliphatic heterocycles.